The molecule has 0 bridgehead atoms. The molecule has 1 saturated heterocycles. The fraction of sp³-hybridized carbons (Fsp3) is 0.409. The molecule has 0 N–H and O–H groups in total. The van der Waals surface area contributed by atoms with Gasteiger partial charge in [-0.25, -0.2) is 8.78 Å². The van der Waals surface area contributed by atoms with Crippen LogP contribution in [0, 0.1) is 18.2 Å². The van der Waals surface area contributed by atoms with Crippen molar-refractivity contribution in [2.45, 2.75) is 25.9 Å². The third kappa shape index (κ3) is 3.06. The zero-order valence-electron chi connectivity index (χ0n) is 16.0. The second-order valence-corrected chi connectivity index (χ2v) is 8.46. The molecule has 0 aromatic heterocycles. The van der Waals surface area contributed by atoms with Crippen molar-refractivity contribution in [1.82, 2.24) is 4.90 Å². The van der Waals surface area contributed by atoms with Gasteiger partial charge in [0, 0.05) is 43.3 Å². The largest absolute Gasteiger partial charge is 0.368 e. The number of nitrogens with zero attached hydrogens (tertiary/aromatic N) is 2. The molecule has 1 amide bonds. The van der Waals surface area contributed by atoms with Gasteiger partial charge < -0.3 is 9.80 Å². The van der Waals surface area contributed by atoms with Crippen LogP contribution in [0.1, 0.15) is 24.5 Å². The molecule has 1 saturated carbocycles. The summed E-state index contributed by atoms with van der Waals surface area (Å²) in [5.41, 5.74) is -0.226. The minimum Gasteiger partial charge on any atom is -0.368 e. The van der Waals surface area contributed by atoms with Crippen molar-refractivity contribution in [3.05, 3.63) is 64.4 Å². The van der Waals surface area contributed by atoms with E-state index in [1.165, 1.54) is 24.3 Å². The molecule has 1 heterocycles. The number of aryl methyl sites for hydroxylation is 1. The normalized spacial score (nSPS) is 27.0. The average molecular weight is 405 g/mol. The monoisotopic (exact) mass is 404 g/mol. The number of carbonyl (C=O) groups excluding carboxylic acids is 1. The van der Waals surface area contributed by atoms with Crippen molar-refractivity contribution in [1.29, 1.82) is 0 Å². The van der Waals surface area contributed by atoms with Crippen LogP contribution in [-0.4, -0.2) is 37.0 Å². The maximum atomic E-state index is 15.5. The Bertz CT molecular complexity index is 911. The van der Waals surface area contributed by atoms with E-state index in [1.807, 2.05) is 25.1 Å². The third-order valence-corrected chi connectivity index (χ3v) is 6.43. The Labute approximate surface area is 168 Å². The molecule has 2 aliphatic rings. The van der Waals surface area contributed by atoms with Crippen LogP contribution in [0.15, 0.2) is 42.5 Å². The first-order chi connectivity index (χ1) is 13.2. The quantitative estimate of drug-likeness (QED) is 0.739. The van der Waals surface area contributed by atoms with E-state index in [2.05, 4.69) is 4.90 Å². The van der Waals surface area contributed by atoms with Crippen molar-refractivity contribution >= 4 is 23.2 Å². The van der Waals surface area contributed by atoms with E-state index in [-0.39, 0.29) is 12.3 Å². The minimum atomic E-state index is -1.72. The lowest BCUT2D eigenvalue weighted by atomic mass is 9.97. The second kappa shape index (κ2) is 6.73. The van der Waals surface area contributed by atoms with Crippen LogP contribution < -0.4 is 4.90 Å². The highest BCUT2D eigenvalue weighted by Crippen LogP contribution is 2.66. The number of amides is 1. The molecule has 4 rings (SSSR count). The fourth-order valence-corrected chi connectivity index (χ4v) is 4.41. The zero-order valence-corrected chi connectivity index (χ0v) is 16.8. The highest BCUT2D eigenvalue weighted by Gasteiger charge is 2.72. The number of alkyl halides is 1. The SMILES string of the molecule is Cc1ccc(Cl)cc1N1CCN(C(=O)C2(C)C[C@]2(F)c2ccc(F)cc2)CC1. The van der Waals surface area contributed by atoms with E-state index in [0.29, 0.717) is 36.8 Å². The summed E-state index contributed by atoms with van der Waals surface area (Å²) in [4.78, 5) is 17.0. The van der Waals surface area contributed by atoms with Crippen LogP contribution in [0.4, 0.5) is 14.5 Å². The van der Waals surface area contributed by atoms with E-state index >= 15 is 4.39 Å². The molecule has 1 aliphatic carbocycles. The van der Waals surface area contributed by atoms with Crippen LogP contribution >= 0.6 is 11.6 Å². The second-order valence-electron chi connectivity index (χ2n) is 8.03. The van der Waals surface area contributed by atoms with Gasteiger partial charge in [-0.1, -0.05) is 29.8 Å². The van der Waals surface area contributed by atoms with Gasteiger partial charge in [-0.15, -0.1) is 0 Å². The highest BCUT2D eigenvalue weighted by molar-refractivity contribution is 6.30. The number of rotatable bonds is 3. The van der Waals surface area contributed by atoms with Crippen LogP contribution in [0.25, 0.3) is 0 Å². The van der Waals surface area contributed by atoms with Crippen molar-refractivity contribution in [2.75, 3.05) is 31.1 Å². The number of hydrogen-bond donors (Lipinski definition) is 0. The summed E-state index contributed by atoms with van der Waals surface area (Å²) in [6.07, 6.45) is 0.137. The van der Waals surface area contributed by atoms with Gasteiger partial charge in [-0.2, -0.15) is 0 Å². The Hall–Kier alpha value is -2.14. The van der Waals surface area contributed by atoms with Crippen LogP contribution in [0.3, 0.4) is 0 Å². The van der Waals surface area contributed by atoms with Gasteiger partial charge in [0.2, 0.25) is 5.91 Å². The summed E-state index contributed by atoms with van der Waals surface area (Å²) in [7, 11) is 0. The summed E-state index contributed by atoms with van der Waals surface area (Å²) in [6.45, 7) is 6.15. The number of anilines is 1. The summed E-state index contributed by atoms with van der Waals surface area (Å²) in [5, 5.41) is 0.686. The first kappa shape index (κ1) is 19.2. The van der Waals surface area contributed by atoms with E-state index < -0.39 is 16.9 Å². The van der Waals surface area contributed by atoms with Crippen LogP contribution in [-0.2, 0) is 10.5 Å². The summed E-state index contributed by atoms with van der Waals surface area (Å²) < 4.78 is 28.6. The van der Waals surface area contributed by atoms with Crippen LogP contribution in [0.5, 0.6) is 0 Å². The molecule has 2 atom stereocenters. The van der Waals surface area contributed by atoms with Crippen LogP contribution in [0.2, 0.25) is 5.02 Å². The zero-order chi connectivity index (χ0) is 20.1. The van der Waals surface area contributed by atoms with Crippen molar-refractivity contribution in [3.8, 4) is 0 Å². The van der Waals surface area contributed by atoms with Gasteiger partial charge in [0.05, 0.1) is 5.41 Å². The van der Waals surface area contributed by atoms with Gasteiger partial charge >= 0.3 is 0 Å². The molecular formula is C22H23ClF2N2O. The molecule has 28 heavy (non-hydrogen) atoms. The predicted octanol–water partition coefficient (Wildman–Crippen LogP) is 4.71. The molecule has 2 aromatic carbocycles. The molecule has 1 aliphatic heterocycles. The molecule has 2 fully saturated rings. The van der Waals surface area contributed by atoms with E-state index in [1.54, 1.807) is 11.8 Å². The van der Waals surface area contributed by atoms with Gasteiger partial charge in [-0.3, -0.25) is 4.79 Å². The lowest BCUT2D eigenvalue weighted by molar-refractivity contribution is -0.138. The minimum absolute atomic E-state index is 0.137. The Morgan fingerprint density at radius 2 is 1.71 bits per heavy atom. The smallest absolute Gasteiger partial charge is 0.232 e. The van der Waals surface area contributed by atoms with Crippen molar-refractivity contribution in [2.24, 2.45) is 5.41 Å². The maximum Gasteiger partial charge on any atom is 0.232 e. The lowest BCUT2D eigenvalue weighted by Crippen LogP contribution is -2.51. The predicted molar refractivity (Wildman–Crippen MR) is 107 cm³/mol. The molecule has 3 nitrogen and oxygen atoms in total. The van der Waals surface area contributed by atoms with Crippen molar-refractivity contribution < 1.29 is 13.6 Å². The average Bonchev–Trinajstić information content (AvgIpc) is 3.27. The molecule has 0 spiro atoms. The van der Waals surface area contributed by atoms with Gasteiger partial charge in [0.25, 0.3) is 0 Å². The molecule has 148 valence electrons. The number of carbonyl (C=O) groups is 1. The maximum absolute atomic E-state index is 15.5. The topological polar surface area (TPSA) is 23.6 Å². The lowest BCUT2D eigenvalue weighted by Gasteiger charge is -2.38. The Morgan fingerprint density at radius 1 is 1.07 bits per heavy atom. The fourth-order valence-electron chi connectivity index (χ4n) is 4.25. The molecule has 1 unspecified atom stereocenters. The molecule has 0 radical (unpaired) electrons. The van der Waals surface area contributed by atoms with E-state index in [0.717, 1.165) is 11.3 Å². The highest BCUT2D eigenvalue weighted by atomic mass is 35.5. The third-order valence-electron chi connectivity index (χ3n) is 6.20. The summed E-state index contributed by atoms with van der Waals surface area (Å²) in [6, 6.07) is 11.2. The standard InChI is InChI=1S/C22H23ClF2N2O/c1-15-3-6-17(23)13-19(15)26-9-11-27(12-10-26)20(28)21(2)14-22(21,25)16-4-7-18(24)8-5-16/h3-8,13H,9-12,14H2,1-2H3/t21?,22-/m0/s1. The Morgan fingerprint density at radius 3 is 2.36 bits per heavy atom. The van der Waals surface area contributed by atoms with Gasteiger partial charge in [0.15, 0.2) is 5.67 Å². The first-order valence-corrected chi connectivity index (χ1v) is 9.88. The Kier molecular flexibility index (Phi) is 4.61. The van der Waals surface area contributed by atoms with Crippen molar-refractivity contribution in [3.63, 3.8) is 0 Å². The van der Waals surface area contributed by atoms with Gasteiger partial charge in [0.1, 0.15) is 5.82 Å². The molecular weight excluding hydrogens is 382 g/mol. The van der Waals surface area contributed by atoms with E-state index in [9.17, 15) is 9.18 Å². The first-order valence-electron chi connectivity index (χ1n) is 9.50. The number of piperazine rings is 1. The number of halogens is 3. The Balaban J connectivity index is 1.44. The van der Waals surface area contributed by atoms with E-state index in [4.69, 9.17) is 11.6 Å². The van der Waals surface area contributed by atoms with Gasteiger partial charge in [-0.05, 0) is 49.2 Å². The summed E-state index contributed by atoms with van der Waals surface area (Å²) >= 11 is 6.13. The molecule has 6 heteroatoms. The number of hydrogen-bond acceptors (Lipinski definition) is 2. The summed E-state index contributed by atoms with van der Waals surface area (Å²) in [5.74, 6) is -0.574. The molecule has 2 aromatic rings. The number of benzene rings is 2.